The van der Waals surface area contributed by atoms with Crippen molar-refractivity contribution < 1.29 is 14.3 Å². The number of H-pyrrole nitrogens is 1. The average molecular weight is 545 g/mol. The van der Waals surface area contributed by atoms with Gasteiger partial charge in [0.05, 0.1) is 41.0 Å². The molecule has 40 heavy (non-hydrogen) atoms. The number of allylic oxidation sites excluding steroid dienone is 1. The molecule has 0 spiro atoms. The third kappa shape index (κ3) is 6.75. The molecule has 11 nitrogen and oxygen atoms in total. The second-order valence-electron chi connectivity index (χ2n) is 9.44. The van der Waals surface area contributed by atoms with Gasteiger partial charge in [0.15, 0.2) is 0 Å². The van der Waals surface area contributed by atoms with Gasteiger partial charge in [0.1, 0.15) is 5.75 Å². The molecular weight excluding hydrogens is 508 g/mol. The fourth-order valence-electron chi connectivity index (χ4n) is 4.12. The van der Waals surface area contributed by atoms with Gasteiger partial charge in [-0.1, -0.05) is 13.2 Å². The summed E-state index contributed by atoms with van der Waals surface area (Å²) in [4.78, 5) is 35.9. The summed E-state index contributed by atoms with van der Waals surface area (Å²) >= 11 is 0. The number of aliphatic imine (C=N–C) groups is 1. The highest BCUT2D eigenvalue weighted by molar-refractivity contribution is 6.18. The molecule has 0 aliphatic carbocycles. The number of rotatable bonds is 11. The maximum absolute atomic E-state index is 12.2. The number of nitrogens with two attached hydrogens (primary N) is 1. The van der Waals surface area contributed by atoms with Crippen molar-refractivity contribution in [3.05, 3.63) is 72.5 Å². The smallest absolute Gasteiger partial charge is 0.250 e. The highest BCUT2D eigenvalue weighted by Gasteiger charge is 2.18. The number of fused-ring (bicyclic) bond motifs is 1. The summed E-state index contributed by atoms with van der Waals surface area (Å²) < 4.78 is 5.61. The Kier molecular flexibility index (Phi) is 9.46. The van der Waals surface area contributed by atoms with Crippen molar-refractivity contribution in [1.82, 2.24) is 9.88 Å². The minimum absolute atomic E-state index is 0.213. The number of hydrogen-bond donors (Lipinski definition) is 5. The van der Waals surface area contributed by atoms with E-state index in [0.717, 1.165) is 23.2 Å². The van der Waals surface area contributed by atoms with Crippen LogP contribution in [0.3, 0.4) is 0 Å². The summed E-state index contributed by atoms with van der Waals surface area (Å²) in [7, 11) is 7.41. The summed E-state index contributed by atoms with van der Waals surface area (Å²) in [5.41, 5.74) is 10.1. The van der Waals surface area contributed by atoms with E-state index in [2.05, 4.69) is 38.7 Å². The number of benzene rings is 2. The Morgan fingerprint density at radius 1 is 1.10 bits per heavy atom. The summed E-state index contributed by atoms with van der Waals surface area (Å²) in [5, 5.41) is 15.2. The molecule has 11 heteroatoms. The van der Waals surface area contributed by atoms with Gasteiger partial charge in [-0.3, -0.25) is 15.0 Å². The Morgan fingerprint density at radius 3 is 2.42 bits per heavy atom. The van der Waals surface area contributed by atoms with E-state index in [1.807, 2.05) is 39.0 Å². The van der Waals surface area contributed by atoms with Crippen LogP contribution in [0.15, 0.2) is 60.8 Å². The molecule has 0 bridgehead atoms. The Labute approximate surface area is 233 Å². The SMILES string of the molecule is C=CC(=O)Nc1cc(NC(=N)/N=C(\C=C)c2cc(C(N)=O)c3[nH]cc(C)c3c2)c(OC)cc1N(C)CCN(C)C. The highest BCUT2D eigenvalue weighted by atomic mass is 16.5. The van der Waals surface area contributed by atoms with Crippen molar-refractivity contribution in [2.75, 3.05) is 56.9 Å². The number of methoxy groups -OCH3 is 1. The van der Waals surface area contributed by atoms with Crippen LogP contribution in [0, 0.1) is 12.3 Å². The number of aromatic nitrogens is 1. The van der Waals surface area contributed by atoms with E-state index in [1.54, 1.807) is 24.4 Å². The Balaban J connectivity index is 2.01. The fraction of sp³-hybridized carbons (Fsp3) is 0.241. The molecule has 2 aromatic carbocycles. The van der Waals surface area contributed by atoms with Crippen LogP contribution in [-0.4, -0.2) is 74.7 Å². The first-order valence-electron chi connectivity index (χ1n) is 12.5. The molecular formula is C29H36N8O3. The summed E-state index contributed by atoms with van der Waals surface area (Å²) in [5.74, 6) is -0.723. The molecule has 0 radical (unpaired) electrons. The van der Waals surface area contributed by atoms with E-state index in [-0.39, 0.29) is 11.9 Å². The van der Waals surface area contributed by atoms with Gasteiger partial charge in [0, 0.05) is 43.4 Å². The summed E-state index contributed by atoms with van der Waals surface area (Å²) in [6.07, 6.45) is 4.48. The van der Waals surface area contributed by atoms with Gasteiger partial charge in [-0.25, -0.2) is 4.99 Å². The molecule has 0 unspecified atom stereocenters. The molecule has 210 valence electrons. The van der Waals surface area contributed by atoms with E-state index < -0.39 is 5.91 Å². The van der Waals surface area contributed by atoms with E-state index in [1.165, 1.54) is 19.3 Å². The molecule has 0 atom stereocenters. The van der Waals surface area contributed by atoms with E-state index in [9.17, 15) is 9.59 Å². The molecule has 2 amide bonds. The minimum atomic E-state index is -0.584. The van der Waals surface area contributed by atoms with Gasteiger partial charge in [0.2, 0.25) is 11.9 Å². The number of aromatic amines is 1. The number of ether oxygens (including phenoxy) is 1. The van der Waals surface area contributed by atoms with Gasteiger partial charge in [-0.05, 0) is 56.9 Å². The molecule has 1 aromatic heterocycles. The number of nitrogens with one attached hydrogen (secondary N) is 4. The zero-order valence-corrected chi connectivity index (χ0v) is 23.5. The standard InChI is InChI=1S/C29H36N8O3/c1-8-21(18-12-19-17(3)16-32-27(19)20(13-18)28(30)39)34-29(31)35-23-14-22(33-26(38)9-2)24(15-25(23)40-7)37(6)11-10-36(4)5/h8-9,12-16,32H,1-2,10-11H2,3-7H3,(H2,30,39)(H2,31,35)(H,33,38)/b34-21+. The van der Waals surface area contributed by atoms with Crippen LogP contribution in [0.4, 0.5) is 17.1 Å². The number of guanidine groups is 1. The summed E-state index contributed by atoms with van der Waals surface area (Å²) in [6, 6.07) is 6.95. The van der Waals surface area contributed by atoms with Crippen molar-refractivity contribution in [3.8, 4) is 5.75 Å². The average Bonchev–Trinajstić information content (AvgIpc) is 3.30. The lowest BCUT2D eigenvalue weighted by molar-refractivity contribution is -0.111. The van der Waals surface area contributed by atoms with Crippen LogP contribution in [0.25, 0.3) is 10.9 Å². The number of carbonyl (C=O) groups is 2. The normalized spacial score (nSPS) is 11.3. The molecule has 3 aromatic rings. The van der Waals surface area contributed by atoms with Crippen molar-refractivity contribution >= 4 is 51.5 Å². The van der Waals surface area contributed by atoms with Gasteiger partial charge >= 0.3 is 0 Å². The van der Waals surface area contributed by atoms with Gasteiger partial charge < -0.3 is 35.9 Å². The van der Waals surface area contributed by atoms with E-state index in [4.69, 9.17) is 15.9 Å². The van der Waals surface area contributed by atoms with Crippen molar-refractivity contribution in [2.45, 2.75) is 6.92 Å². The largest absolute Gasteiger partial charge is 0.494 e. The number of hydrogen-bond acceptors (Lipinski definition) is 6. The monoisotopic (exact) mass is 544 g/mol. The maximum atomic E-state index is 12.2. The lowest BCUT2D eigenvalue weighted by Gasteiger charge is -2.26. The second kappa shape index (κ2) is 12.8. The molecule has 0 fully saturated rings. The van der Waals surface area contributed by atoms with E-state index in [0.29, 0.717) is 46.0 Å². The highest BCUT2D eigenvalue weighted by Crippen LogP contribution is 2.37. The van der Waals surface area contributed by atoms with Gasteiger partial charge in [0.25, 0.3) is 5.91 Å². The molecule has 0 aliphatic heterocycles. The van der Waals surface area contributed by atoms with Crippen molar-refractivity contribution in [2.24, 2.45) is 10.7 Å². The fourth-order valence-corrected chi connectivity index (χ4v) is 4.12. The van der Waals surface area contributed by atoms with Crippen LogP contribution >= 0.6 is 0 Å². The van der Waals surface area contributed by atoms with E-state index >= 15 is 0 Å². The Bertz CT molecular complexity index is 1500. The first kappa shape index (κ1) is 29.7. The third-order valence-electron chi connectivity index (χ3n) is 6.29. The maximum Gasteiger partial charge on any atom is 0.250 e. The van der Waals surface area contributed by atoms with Crippen LogP contribution < -0.4 is 26.0 Å². The molecule has 1 heterocycles. The van der Waals surface area contributed by atoms with Crippen molar-refractivity contribution in [1.29, 1.82) is 5.41 Å². The Hall–Kier alpha value is -4.90. The quantitative estimate of drug-likeness (QED) is 0.141. The number of likely N-dealkylation sites (N-methyl/N-ethyl adjacent to an activating group) is 2. The zero-order valence-electron chi connectivity index (χ0n) is 23.5. The lowest BCUT2D eigenvalue weighted by atomic mass is 10.0. The molecule has 0 aliphatic rings. The van der Waals surface area contributed by atoms with Gasteiger partial charge in [-0.15, -0.1) is 0 Å². The Morgan fingerprint density at radius 2 is 1.82 bits per heavy atom. The predicted molar refractivity (Wildman–Crippen MR) is 163 cm³/mol. The topological polar surface area (TPSA) is 152 Å². The lowest BCUT2D eigenvalue weighted by Crippen LogP contribution is -2.29. The van der Waals surface area contributed by atoms with Crippen molar-refractivity contribution in [3.63, 3.8) is 0 Å². The van der Waals surface area contributed by atoms with Crippen LogP contribution in [0.2, 0.25) is 0 Å². The number of aryl methyl sites for hydroxylation is 1. The summed E-state index contributed by atoms with van der Waals surface area (Å²) in [6.45, 7) is 10.8. The molecule has 6 N–H and O–H groups in total. The second-order valence-corrected chi connectivity index (χ2v) is 9.44. The van der Waals surface area contributed by atoms with Crippen LogP contribution in [-0.2, 0) is 4.79 Å². The predicted octanol–water partition coefficient (Wildman–Crippen LogP) is 3.73. The molecule has 0 saturated heterocycles. The molecule has 3 rings (SSSR count). The minimum Gasteiger partial charge on any atom is -0.494 e. The number of anilines is 3. The van der Waals surface area contributed by atoms with Crippen LogP contribution in [0.5, 0.6) is 5.75 Å². The first-order chi connectivity index (χ1) is 19.0. The zero-order chi connectivity index (χ0) is 29.6. The van der Waals surface area contributed by atoms with Gasteiger partial charge in [-0.2, -0.15) is 0 Å². The number of carbonyl (C=O) groups excluding carboxylic acids is 2. The number of amides is 2. The molecule has 0 saturated carbocycles. The number of primary amides is 1. The van der Waals surface area contributed by atoms with Crippen LogP contribution in [0.1, 0.15) is 21.5 Å². The number of nitrogens with zero attached hydrogens (tertiary/aromatic N) is 3. The first-order valence-corrected chi connectivity index (χ1v) is 12.5. The third-order valence-corrected chi connectivity index (χ3v) is 6.29.